The van der Waals surface area contributed by atoms with Crippen LogP contribution in [0.1, 0.15) is 18.1 Å². The van der Waals surface area contributed by atoms with E-state index in [4.69, 9.17) is 9.47 Å². The topological polar surface area (TPSA) is 64.6 Å². The number of esters is 1. The third-order valence-corrected chi connectivity index (χ3v) is 3.26. The van der Waals surface area contributed by atoms with Crippen LogP contribution in [0.2, 0.25) is 0 Å². The molecule has 0 fully saturated rings. The van der Waals surface area contributed by atoms with Crippen molar-refractivity contribution < 1.29 is 19.1 Å². The molecule has 0 unspecified atom stereocenters. The summed E-state index contributed by atoms with van der Waals surface area (Å²) in [6, 6.07) is 14.7. The van der Waals surface area contributed by atoms with Crippen molar-refractivity contribution in [2.24, 2.45) is 0 Å². The van der Waals surface area contributed by atoms with Crippen LogP contribution < -0.4 is 10.1 Å². The van der Waals surface area contributed by atoms with Crippen molar-refractivity contribution >= 4 is 17.6 Å². The Morgan fingerprint density at radius 1 is 1.08 bits per heavy atom. The first kappa shape index (κ1) is 17.5. The molecule has 1 amide bonds. The van der Waals surface area contributed by atoms with Crippen LogP contribution in [-0.4, -0.2) is 25.1 Å². The number of rotatable bonds is 7. The lowest BCUT2D eigenvalue weighted by atomic mass is 10.1. The van der Waals surface area contributed by atoms with Crippen molar-refractivity contribution in [3.05, 3.63) is 59.7 Å². The number of para-hydroxylation sites is 2. The molecule has 5 nitrogen and oxygen atoms in total. The summed E-state index contributed by atoms with van der Waals surface area (Å²) in [6.07, 6.45) is 0.143. The van der Waals surface area contributed by atoms with Crippen LogP contribution >= 0.6 is 0 Å². The number of aryl methyl sites for hydroxylation is 1. The van der Waals surface area contributed by atoms with Gasteiger partial charge in [-0.1, -0.05) is 42.0 Å². The molecule has 2 aromatic rings. The molecule has 24 heavy (non-hydrogen) atoms. The quantitative estimate of drug-likeness (QED) is 0.794. The second kappa shape index (κ2) is 8.72. The maximum atomic E-state index is 11.9. The third kappa shape index (κ3) is 5.43. The number of carbonyl (C=O) groups excluding carboxylic acids is 2. The van der Waals surface area contributed by atoms with Gasteiger partial charge in [0, 0.05) is 0 Å². The van der Waals surface area contributed by atoms with Gasteiger partial charge >= 0.3 is 5.97 Å². The summed E-state index contributed by atoms with van der Waals surface area (Å²) in [6.45, 7) is 3.99. The van der Waals surface area contributed by atoms with Crippen molar-refractivity contribution in [1.82, 2.24) is 0 Å². The predicted molar refractivity (Wildman–Crippen MR) is 92.1 cm³/mol. The number of nitrogens with one attached hydrogen (secondary N) is 1. The Balaban J connectivity index is 1.84. The molecule has 0 spiro atoms. The lowest BCUT2D eigenvalue weighted by Gasteiger charge is -2.11. The molecule has 0 saturated heterocycles. The number of ether oxygens (including phenoxy) is 2. The monoisotopic (exact) mass is 327 g/mol. The Morgan fingerprint density at radius 3 is 2.62 bits per heavy atom. The Morgan fingerprint density at radius 2 is 1.88 bits per heavy atom. The molecule has 126 valence electrons. The van der Waals surface area contributed by atoms with Gasteiger partial charge in [-0.3, -0.25) is 9.59 Å². The molecule has 1 N–H and O–H groups in total. The van der Waals surface area contributed by atoms with Gasteiger partial charge < -0.3 is 14.8 Å². The highest BCUT2D eigenvalue weighted by molar-refractivity contribution is 5.94. The highest BCUT2D eigenvalue weighted by atomic mass is 16.5. The number of carbonyl (C=O) groups is 2. The van der Waals surface area contributed by atoms with E-state index in [9.17, 15) is 9.59 Å². The van der Waals surface area contributed by atoms with E-state index in [2.05, 4.69) is 5.32 Å². The summed E-state index contributed by atoms with van der Waals surface area (Å²) in [7, 11) is 0. The third-order valence-electron chi connectivity index (χ3n) is 3.26. The second-order valence-electron chi connectivity index (χ2n) is 5.30. The van der Waals surface area contributed by atoms with Gasteiger partial charge in [-0.2, -0.15) is 0 Å². The van der Waals surface area contributed by atoms with Crippen molar-refractivity contribution in [3.63, 3.8) is 0 Å². The Hall–Kier alpha value is -2.82. The van der Waals surface area contributed by atoms with E-state index in [1.165, 1.54) is 0 Å². The predicted octanol–water partition coefficient (Wildman–Crippen LogP) is 3.12. The van der Waals surface area contributed by atoms with Crippen molar-refractivity contribution in [1.29, 1.82) is 0 Å². The van der Waals surface area contributed by atoms with Gasteiger partial charge in [0.05, 0.1) is 18.7 Å². The van der Waals surface area contributed by atoms with Crippen LogP contribution in [0.4, 0.5) is 5.69 Å². The average molecular weight is 327 g/mol. The minimum Gasteiger partial charge on any atom is -0.492 e. The van der Waals surface area contributed by atoms with E-state index in [0.29, 0.717) is 18.0 Å². The van der Waals surface area contributed by atoms with Gasteiger partial charge in [0.2, 0.25) is 0 Å². The Bertz CT molecular complexity index is 712. The normalized spacial score (nSPS) is 10.1. The van der Waals surface area contributed by atoms with Gasteiger partial charge in [0.1, 0.15) is 5.75 Å². The van der Waals surface area contributed by atoms with Crippen LogP contribution in [0.25, 0.3) is 0 Å². The number of hydrogen-bond donors (Lipinski definition) is 1. The van der Waals surface area contributed by atoms with E-state index in [1.54, 1.807) is 18.2 Å². The van der Waals surface area contributed by atoms with E-state index < -0.39 is 11.9 Å². The van der Waals surface area contributed by atoms with Gasteiger partial charge in [-0.05, 0) is 31.5 Å². The fourth-order valence-corrected chi connectivity index (χ4v) is 2.22. The van der Waals surface area contributed by atoms with Gasteiger partial charge in [0.25, 0.3) is 5.91 Å². The first-order valence-corrected chi connectivity index (χ1v) is 7.81. The van der Waals surface area contributed by atoms with E-state index >= 15 is 0 Å². The smallest absolute Gasteiger partial charge is 0.310 e. The maximum absolute atomic E-state index is 11.9. The van der Waals surface area contributed by atoms with E-state index in [0.717, 1.165) is 11.1 Å². The minimum absolute atomic E-state index is 0.143. The number of amides is 1. The molecule has 0 saturated carbocycles. The molecule has 0 heterocycles. The standard InChI is InChI=1S/C19H21NO4/c1-3-23-17-10-5-4-9-16(17)20-18(21)13-24-19(22)12-15-8-6-7-14(2)11-15/h4-11H,3,12-13H2,1-2H3,(H,20,21). The molecule has 0 aliphatic rings. The number of benzene rings is 2. The molecule has 0 aliphatic heterocycles. The highest BCUT2D eigenvalue weighted by Gasteiger charge is 2.11. The first-order chi connectivity index (χ1) is 11.6. The first-order valence-electron chi connectivity index (χ1n) is 7.81. The van der Waals surface area contributed by atoms with Crippen molar-refractivity contribution in [2.75, 3.05) is 18.5 Å². The molecule has 0 radical (unpaired) electrons. The molecular weight excluding hydrogens is 306 g/mol. The van der Waals surface area contributed by atoms with Crippen molar-refractivity contribution in [3.8, 4) is 5.75 Å². The van der Waals surface area contributed by atoms with Crippen LogP contribution in [0.3, 0.4) is 0 Å². The summed E-state index contributed by atoms with van der Waals surface area (Å²) in [5, 5.41) is 2.68. The minimum atomic E-state index is -0.436. The fraction of sp³-hybridized carbons (Fsp3) is 0.263. The average Bonchev–Trinajstić information content (AvgIpc) is 2.55. The molecular formula is C19H21NO4. The lowest BCUT2D eigenvalue weighted by molar-refractivity contribution is -0.146. The molecule has 0 aromatic heterocycles. The zero-order valence-electron chi connectivity index (χ0n) is 13.9. The molecule has 2 rings (SSSR count). The Kier molecular flexibility index (Phi) is 6.37. The lowest BCUT2D eigenvalue weighted by Crippen LogP contribution is -2.22. The van der Waals surface area contributed by atoms with Crippen LogP contribution in [0.5, 0.6) is 5.75 Å². The molecule has 2 aromatic carbocycles. The Labute approximate surface area is 141 Å². The molecule has 0 atom stereocenters. The summed E-state index contributed by atoms with van der Waals surface area (Å²) in [4.78, 5) is 23.8. The van der Waals surface area contributed by atoms with Gasteiger partial charge in [0.15, 0.2) is 6.61 Å². The second-order valence-corrected chi connectivity index (χ2v) is 5.30. The summed E-state index contributed by atoms with van der Waals surface area (Å²) in [5.74, 6) is -0.256. The van der Waals surface area contributed by atoms with Gasteiger partial charge in [-0.15, -0.1) is 0 Å². The van der Waals surface area contributed by atoms with Crippen molar-refractivity contribution in [2.45, 2.75) is 20.3 Å². The van der Waals surface area contributed by atoms with Gasteiger partial charge in [-0.25, -0.2) is 0 Å². The highest BCUT2D eigenvalue weighted by Crippen LogP contribution is 2.23. The largest absolute Gasteiger partial charge is 0.492 e. The number of hydrogen-bond acceptors (Lipinski definition) is 4. The SMILES string of the molecule is CCOc1ccccc1NC(=O)COC(=O)Cc1cccc(C)c1. The van der Waals surface area contributed by atoms with E-state index in [1.807, 2.05) is 44.2 Å². The summed E-state index contributed by atoms with van der Waals surface area (Å²) < 4.78 is 10.5. The number of anilines is 1. The molecule has 0 aliphatic carbocycles. The zero-order chi connectivity index (χ0) is 17.4. The molecule has 5 heteroatoms. The van der Waals surface area contributed by atoms with E-state index in [-0.39, 0.29) is 13.0 Å². The summed E-state index contributed by atoms with van der Waals surface area (Å²) in [5.41, 5.74) is 2.49. The van der Waals surface area contributed by atoms with Crippen LogP contribution in [0, 0.1) is 6.92 Å². The van der Waals surface area contributed by atoms with Crippen LogP contribution in [0.15, 0.2) is 48.5 Å². The molecule has 0 bridgehead atoms. The summed E-state index contributed by atoms with van der Waals surface area (Å²) >= 11 is 0. The zero-order valence-corrected chi connectivity index (χ0v) is 13.9. The maximum Gasteiger partial charge on any atom is 0.310 e. The van der Waals surface area contributed by atoms with Crippen LogP contribution in [-0.2, 0) is 20.7 Å². The fourth-order valence-electron chi connectivity index (χ4n) is 2.22.